The number of fused-ring (bicyclic) bond motifs is 1. The predicted molar refractivity (Wildman–Crippen MR) is 108 cm³/mol. The van der Waals surface area contributed by atoms with E-state index in [1.807, 2.05) is 18.2 Å². The third kappa shape index (κ3) is 5.18. The van der Waals surface area contributed by atoms with Gasteiger partial charge in [0.25, 0.3) is 0 Å². The molecule has 3 rings (SSSR count). The molecule has 2 N–H and O–H groups in total. The van der Waals surface area contributed by atoms with E-state index in [2.05, 4.69) is 27.0 Å². The molecule has 0 spiro atoms. The number of rotatable bonds is 7. The van der Waals surface area contributed by atoms with E-state index in [1.165, 1.54) is 19.2 Å². The van der Waals surface area contributed by atoms with E-state index in [9.17, 15) is 13.2 Å². The molecule has 0 atom stereocenters. The molecule has 0 bridgehead atoms. The molecule has 1 heterocycles. The number of hydrogen-bond acceptors (Lipinski definition) is 5. The first-order chi connectivity index (χ1) is 14.3. The van der Waals surface area contributed by atoms with Crippen LogP contribution in [-0.4, -0.2) is 29.5 Å². The highest BCUT2D eigenvalue weighted by atomic mass is 19.4. The Morgan fingerprint density at radius 1 is 1.23 bits per heavy atom. The average Bonchev–Trinajstić information content (AvgIpc) is 3.16. The quantitative estimate of drug-likeness (QED) is 0.254. The van der Waals surface area contributed by atoms with Crippen LogP contribution in [0.4, 0.5) is 13.2 Å². The van der Waals surface area contributed by atoms with Gasteiger partial charge in [0, 0.05) is 12.6 Å². The van der Waals surface area contributed by atoms with Gasteiger partial charge in [0.1, 0.15) is 12.4 Å². The van der Waals surface area contributed by atoms with Crippen LogP contribution in [0.5, 0.6) is 5.75 Å². The van der Waals surface area contributed by atoms with Crippen LogP contribution in [0.2, 0.25) is 0 Å². The van der Waals surface area contributed by atoms with Crippen molar-refractivity contribution in [2.75, 3.05) is 13.7 Å². The van der Waals surface area contributed by atoms with Gasteiger partial charge in [0.2, 0.25) is 5.90 Å². The van der Waals surface area contributed by atoms with E-state index in [4.69, 9.17) is 9.57 Å². The average molecular weight is 418 g/mol. The minimum atomic E-state index is -4.60. The lowest BCUT2D eigenvalue weighted by molar-refractivity contribution is -0.138. The molecule has 158 valence electrons. The SMILES string of the molecule is C=C(C)COc1ccc(C(=NCc2ccc3nc[nH]c3c2)ONC)cc1C(F)(F)F. The molecular weight excluding hydrogens is 397 g/mol. The second-order valence-corrected chi connectivity index (χ2v) is 6.64. The summed E-state index contributed by atoms with van der Waals surface area (Å²) in [6.07, 6.45) is -3.01. The number of alkyl halides is 3. The van der Waals surface area contributed by atoms with Gasteiger partial charge in [-0.25, -0.2) is 9.98 Å². The summed E-state index contributed by atoms with van der Waals surface area (Å²) in [5.74, 6) is -0.248. The molecule has 0 aliphatic heterocycles. The largest absolute Gasteiger partial charge is 0.489 e. The second-order valence-electron chi connectivity index (χ2n) is 6.64. The fraction of sp³-hybridized carbons (Fsp3) is 0.238. The Morgan fingerprint density at radius 2 is 2.03 bits per heavy atom. The highest BCUT2D eigenvalue weighted by molar-refractivity contribution is 5.94. The second kappa shape index (κ2) is 9.00. The highest BCUT2D eigenvalue weighted by Crippen LogP contribution is 2.37. The van der Waals surface area contributed by atoms with Crippen LogP contribution in [0, 0.1) is 0 Å². The summed E-state index contributed by atoms with van der Waals surface area (Å²) in [5.41, 5.74) is 4.85. The van der Waals surface area contributed by atoms with Crippen molar-refractivity contribution in [3.8, 4) is 5.75 Å². The minimum absolute atomic E-state index is 0.00747. The van der Waals surface area contributed by atoms with E-state index in [0.717, 1.165) is 22.7 Å². The minimum Gasteiger partial charge on any atom is -0.489 e. The molecule has 9 heteroatoms. The first-order valence-corrected chi connectivity index (χ1v) is 9.07. The number of aromatic amines is 1. The highest BCUT2D eigenvalue weighted by Gasteiger charge is 2.35. The monoisotopic (exact) mass is 418 g/mol. The Morgan fingerprint density at radius 3 is 2.73 bits per heavy atom. The molecule has 0 saturated carbocycles. The summed E-state index contributed by atoms with van der Waals surface area (Å²) in [4.78, 5) is 16.8. The zero-order chi connectivity index (χ0) is 21.7. The molecule has 0 unspecified atom stereocenters. The zero-order valence-electron chi connectivity index (χ0n) is 16.5. The molecule has 1 aromatic heterocycles. The van der Waals surface area contributed by atoms with Crippen LogP contribution in [0.25, 0.3) is 11.0 Å². The number of imidazole rings is 1. The van der Waals surface area contributed by atoms with E-state index in [0.29, 0.717) is 5.57 Å². The standard InChI is InChI=1S/C21H21F3N4O2/c1-13(2)11-29-19-7-5-15(9-16(19)21(22,23)24)20(30-25-3)26-10-14-4-6-17-18(8-14)28-12-27-17/h4-9,12,25H,1,10-11H2,2-3H3,(H,27,28). The summed E-state index contributed by atoms with van der Waals surface area (Å²) in [7, 11) is 1.50. The van der Waals surface area contributed by atoms with Gasteiger partial charge in [0.15, 0.2) is 0 Å². The number of aromatic nitrogens is 2. The smallest absolute Gasteiger partial charge is 0.419 e. The number of benzene rings is 2. The summed E-state index contributed by atoms with van der Waals surface area (Å²) < 4.78 is 45.9. The van der Waals surface area contributed by atoms with Crippen molar-refractivity contribution in [3.63, 3.8) is 0 Å². The molecule has 0 radical (unpaired) electrons. The lowest BCUT2D eigenvalue weighted by Crippen LogP contribution is -2.18. The van der Waals surface area contributed by atoms with Gasteiger partial charge in [-0.3, -0.25) is 0 Å². The molecule has 30 heavy (non-hydrogen) atoms. The van der Waals surface area contributed by atoms with Gasteiger partial charge in [-0.2, -0.15) is 18.7 Å². The third-order valence-electron chi connectivity index (χ3n) is 4.09. The Bertz CT molecular complexity index is 1070. The van der Waals surface area contributed by atoms with Crippen LogP contribution in [0.1, 0.15) is 23.6 Å². The van der Waals surface area contributed by atoms with Crippen molar-refractivity contribution in [1.29, 1.82) is 0 Å². The van der Waals surface area contributed by atoms with Gasteiger partial charge in [-0.1, -0.05) is 12.6 Å². The number of aliphatic imine (C=N–C) groups is 1. The van der Waals surface area contributed by atoms with Crippen LogP contribution < -0.4 is 10.2 Å². The van der Waals surface area contributed by atoms with E-state index < -0.39 is 11.7 Å². The Hall–Kier alpha value is -3.33. The third-order valence-corrected chi connectivity index (χ3v) is 4.09. The summed E-state index contributed by atoms with van der Waals surface area (Å²) in [6.45, 7) is 5.52. The van der Waals surface area contributed by atoms with Crippen molar-refractivity contribution in [2.45, 2.75) is 19.6 Å². The lowest BCUT2D eigenvalue weighted by atomic mass is 10.1. The van der Waals surface area contributed by atoms with Gasteiger partial charge in [0.05, 0.1) is 29.5 Å². The van der Waals surface area contributed by atoms with Crippen LogP contribution >= 0.6 is 0 Å². The van der Waals surface area contributed by atoms with Crippen LogP contribution in [0.15, 0.2) is 59.9 Å². The molecule has 0 aliphatic rings. The number of nitrogens with zero attached hydrogens (tertiary/aromatic N) is 2. The van der Waals surface area contributed by atoms with Gasteiger partial charge < -0.3 is 14.6 Å². The van der Waals surface area contributed by atoms with E-state index in [1.54, 1.807) is 13.3 Å². The number of nitrogens with one attached hydrogen (secondary N) is 2. The molecule has 2 aromatic carbocycles. The maximum absolute atomic E-state index is 13.6. The van der Waals surface area contributed by atoms with Crippen LogP contribution in [-0.2, 0) is 17.6 Å². The van der Waals surface area contributed by atoms with Gasteiger partial charge >= 0.3 is 6.18 Å². The fourth-order valence-electron chi connectivity index (χ4n) is 2.73. The van der Waals surface area contributed by atoms with Gasteiger partial charge in [-0.05, 0) is 48.4 Å². The summed E-state index contributed by atoms with van der Waals surface area (Å²) in [6, 6.07) is 9.24. The van der Waals surface area contributed by atoms with Crippen molar-refractivity contribution in [1.82, 2.24) is 15.4 Å². The van der Waals surface area contributed by atoms with Crippen molar-refractivity contribution in [2.24, 2.45) is 4.99 Å². The number of hydroxylamine groups is 1. The zero-order valence-corrected chi connectivity index (χ0v) is 16.5. The molecule has 6 nitrogen and oxygen atoms in total. The summed E-state index contributed by atoms with van der Waals surface area (Å²) >= 11 is 0. The number of halogens is 3. The Kier molecular flexibility index (Phi) is 6.41. The maximum atomic E-state index is 13.6. The van der Waals surface area contributed by atoms with Crippen molar-refractivity contribution in [3.05, 3.63) is 71.6 Å². The van der Waals surface area contributed by atoms with Gasteiger partial charge in [-0.15, -0.1) is 0 Å². The molecule has 0 aliphatic carbocycles. The maximum Gasteiger partial charge on any atom is 0.419 e. The molecule has 0 amide bonds. The molecule has 0 fully saturated rings. The lowest BCUT2D eigenvalue weighted by Gasteiger charge is -2.16. The first-order valence-electron chi connectivity index (χ1n) is 9.07. The Labute approximate surface area is 171 Å². The number of hydrogen-bond donors (Lipinski definition) is 2. The molecular formula is C21H21F3N4O2. The first kappa shape index (κ1) is 21.4. The molecule has 0 saturated heterocycles. The summed E-state index contributed by atoms with van der Waals surface area (Å²) in [5, 5.41) is 0. The number of H-pyrrole nitrogens is 1. The number of ether oxygens (including phenoxy) is 1. The van der Waals surface area contributed by atoms with Crippen molar-refractivity contribution >= 4 is 16.9 Å². The fourth-order valence-corrected chi connectivity index (χ4v) is 2.73. The van der Waals surface area contributed by atoms with E-state index in [-0.39, 0.29) is 30.4 Å². The normalized spacial score (nSPS) is 12.2. The Balaban J connectivity index is 1.91. The predicted octanol–water partition coefficient (Wildman–Crippen LogP) is 4.63. The van der Waals surface area contributed by atoms with Crippen LogP contribution in [0.3, 0.4) is 0 Å². The van der Waals surface area contributed by atoms with E-state index >= 15 is 0 Å². The van der Waals surface area contributed by atoms with Crippen molar-refractivity contribution < 1.29 is 22.7 Å². The topological polar surface area (TPSA) is 71.5 Å². The molecule has 3 aromatic rings.